The number of carboxylic acid groups (broad SMARTS) is 2. The lowest BCUT2D eigenvalue weighted by molar-refractivity contribution is 0.115. The third-order valence-electron chi connectivity index (χ3n) is 5.11. The van der Waals surface area contributed by atoms with Crippen LogP contribution in [0.3, 0.4) is 0 Å². The smallest absolute Gasteiger partial charge is 0.407 e. The highest BCUT2D eigenvalue weighted by Crippen LogP contribution is 2.15. The molecule has 0 bridgehead atoms. The summed E-state index contributed by atoms with van der Waals surface area (Å²) in [5.41, 5.74) is 0. The van der Waals surface area contributed by atoms with Crippen LogP contribution in [0.4, 0.5) is 9.59 Å². The lowest BCUT2D eigenvalue weighted by atomic mass is 10.1. The van der Waals surface area contributed by atoms with E-state index in [-0.39, 0.29) is 12.1 Å². The summed E-state index contributed by atoms with van der Waals surface area (Å²) in [6, 6.07) is 0.221. The van der Waals surface area contributed by atoms with Crippen LogP contribution in [-0.4, -0.2) is 57.4 Å². The quantitative estimate of drug-likeness (QED) is 0.363. The lowest BCUT2D eigenvalue weighted by Crippen LogP contribution is -2.40. The average Bonchev–Trinajstić information content (AvgIpc) is 2.60. The molecule has 0 aliphatic carbocycles. The van der Waals surface area contributed by atoms with Gasteiger partial charge in [0, 0.05) is 25.2 Å². The van der Waals surface area contributed by atoms with E-state index < -0.39 is 12.2 Å². The second-order valence-electron chi connectivity index (χ2n) is 7.07. The number of unbranched alkanes of at least 4 members (excludes halogenated alkanes) is 3. The minimum Gasteiger partial charge on any atom is -0.465 e. The van der Waals surface area contributed by atoms with Gasteiger partial charge in [-0.2, -0.15) is 0 Å². The number of rotatable bonds is 15. The Morgan fingerprint density at radius 3 is 1.27 bits per heavy atom. The Hall–Kier alpha value is -1.46. The topological polar surface area (TPSA) is 81.1 Å². The van der Waals surface area contributed by atoms with Crippen LogP contribution in [0.5, 0.6) is 0 Å². The molecule has 0 aromatic carbocycles. The van der Waals surface area contributed by atoms with Crippen molar-refractivity contribution in [2.45, 2.75) is 104 Å². The van der Waals surface area contributed by atoms with Crippen molar-refractivity contribution >= 4 is 12.2 Å². The molecule has 2 amide bonds. The zero-order valence-electron chi connectivity index (χ0n) is 17.2. The van der Waals surface area contributed by atoms with Crippen molar-refractivity contribution in [2.75, 3.05) is 13.1 Å². The average molecular weight is 373 g/mol. The standard InChI is InChI=1S/C20H40N2O4/c1-5-13-17(7-3)21(19(23)24)15-11-9-10-12-16-22(20(25)26)18(8-4)14-6-2/h17-18H,5-16H2,1-4H3,(H,23,24)(H,25,26). The van der Waals surface area contributed by atoms with E-state index in [0.29, 0.717) is 13.1 Å². The van der Waals surface area contributed by atoms with Gasteiger partial charge in [-0.1, -0.05) is 53.4 Å². The number of nitrogens with zero attached hydrogens (tertiary/aromatic N) is 2. The summed E-state index contributed by atoms with van der Waals surface area (Å²) >= 11 is 0. The van der Waals surface area contributed by atoms with Crippen molar-refractivity contribution < 1.29 is 19.8 Å². The predicted octanol–water partition coefficient (Wildman–Crippen LogP) is 5.66. The van der Waals surface area contributed by atoms with Gasteiger partial charge in [-0.15, -0.1) is 0 Å². The maximum atomic E-state index is 11.5. The van der Waals surface area contributed by atoms with Gasteiger partial charge in [0.2, 0.25) is 0 Å². The van der Waals surface area contributed by atoms with Crippen LogP contribution in [0, 0.1) is 0 Å². The highest BCUT2D eigenvalue weighted by Gasteiger charge is 2.21. The summed E-state index contributed by atoms with van der Waals surface area (Å²) in [4.78, 5) is 26.1. The Kier molecular flexibility index (Phi) is 13.9. The molecule has 0 aromatic rings. The molecule has 154 valence electrons. The molecule has 6 nitrogen and oxygen atoms in total. The Morgan fingerprint density at radius 2 is 1.04 bits per heavy atom. The van der Waals surface area contributed by atoms with E-state index in [2.05, 4.69) is 13.8 Å². The Bertz CT molecular complexity index is 354. The second-order valence-corrected chi connectivity index (χ2v) is 7.07. The predicted molar refractivity (Wildman–Crippen MR) is 106 cm³/mol. The molecule has 0 aromatic heterocycles. The number of amides is 2. The molecule has 2 N–H and O–H groups in total. The van der Waals surface area contributed by atoms with Crippen molar-refractivity contribution in [3.8, 4) is 0 Å². The number of carbonyl (C=O) groups is 2. The molecule has 6 heteroatoms. The molecule has 0 saturated heterocycles. The fourth-order valence-corrected chi connectivity index (χ4v) is 3.61. The summed E-state index contributed by atoms with van der Waals surface area (Å²) in [7, 11) is 0. The first kappa shape index (κ1) is 24.5. The monoisotopic (exact) mass is 372 g/mol. The highest BCUT2D eigenvalue weighted by atomic mass is 16.4. The van der Waals surface area contributed by atoms with Gasteiger partial charge in [-0.25, -0.2) is 9.59 Å². The van der Waals surface area contributed by atoms with Gasteiger partial charge < -0.3 is 20.0 Å². The third kappa shape index (κ3) is 9.30. The van der Waals surface area contributed by atoms with Crippen LogP contribution in [0.1, 0.15) is 91.9 Å². The number of hydrogen-bond acceptors (Lipinski definition) is 2. The maximum absolute atomic E-state index is 11.5. The molecule has 0 saturated carbocycles. The van der Waals surface area contributed by atoms with Gasteiger partial charge in [-0.05, 0) is 38.5 Å². The molecule has 26 heavy (non-hydrogen) atoms. The van der Waals surface area contributed by atoms with Crippen LogP contribution >= 0.6 is 0 Å². The molecule has 0 aliphatic heterocycles. The fourth-order valence-electron chi connectivity index (χ4n) is 3.61. The first-order valence-corrected chi connectivity index (χ1v) is 10.4. The molecule has 0 rings (SSSR count). The van der Waals surface area contributed by atoms with Crippen LogP contribution < -0.4 is 0 Å². The van der Waals surface area contributed by atoms with E-state index in [4.69, 9.17) is 0 Å². The van der Waals surface area contributed by atoms with Gasteiger partial charge in [-0.3, -0.25) is 0 Å². The van der Waals surface area contributed by atoms with Crippen LogP contribution in [0.25, 0.3) is 0 Å². The molecule has 2 unspecified atom stereocenters. The van der Waals surface area contributed by atoms with Crippen molar-refractivity contribution in [2.24, 2.45) is 0 Å². The van der Waals surface area contributed by atoms with Crippen LogP contribution in [-0.2, 0) is 0 Å². The van der Waals surface area contributed by atoms with Gasteiger partial charge in [0.05, 0.1) is 0 Å². The minimum atomic E-state index is -0.826. The minimum absolute atomic E-state index is 0.111. The zero-order valence-corrected chi connectivity index (χ0v) is 17.2. The highest BCUT2D eigenvalue weighted by molar-refractivity contribution is 5.65. The van der Waals surface area contributed by atoms with Gasteiger partial charge in [0.25, 0.3) is 0 Å². The Balaban J connectivity index is 4.26. The third-order valence-corrected chi connectivity index (χ3v) is 5.11. The summed E-state index contributed by atoms with van der Waals surface area (Å²) in [6.07, 6.45) is 7.39. The molecular formula is C20H40N2O4. The first-order chi connectivity index (χ1) is 12.4. The SMILES string of the molecule is CCCC(CC)N(CCCCCCN(C(=O)O)C(CC)CCC)C(=O)O. The molecular weight excluding hydrogens is 332 g/mol. The molecule has 0 heterocycles. The Morgan fingerprint density at radius 1 is 0.692 bits per heavy atom. The summed E-state index contributed by atoms with van der Waals surface area (Å²) in [5.74, 6) is 0. The second kappa shape index (κ2) is 14.7. The summed E-state index contributed by atoms with van der Waals surface area (Å²) < 4.78 is 0. The molecule has 2 atom stereocenters. The maximum Gasteiger partial charge on any atom is 0.407 e. The molecule has 0 radical (unpaired) electrons. The van der Waals surface area contributed by atoms with E-state index in [1.807, 2.05) is 13.8 Å². The fraction of sp³-hybridized carbons (Fsp3) is 0.900. The van der Waals surface area contributed by atoms with E-state index in [1.54, 1.807) is 9.80 Å². The normalized spacial score (nSPS) is 13.2. The van der Waals surface area contributed by atoms with E-state index in [9.17, 15) is 19.8 Å². The molecule has 0 aliphatic rings. The lowest BCUT2D eigenvalue weighted by Gasteiger charge is -2.29. The van der Waals surface area contributed by atoms with Gasteiger partial charge in [0.1, 0.15) is 0 Å². The van der Waals surface area contributed by atoms with Crippen molar-refractivity contribution in [3.05, 3.63) is 0 Å². The molecule has 0 spiro atoms. The van der Waals surface area contributed by atoms with Gasteiger partial charge >= 0.3 is 12.2 Å². The van der Waals surface area contributed by atoms with Crippen molar-refractivity contribution in [3.63, 3.8) is 0 Å². The summed E-state index contributed by atoms with van der Waals surface area (Å²) in [5, 5.41) is 18.9. The van der Waals surface area contributed by atoms with Gasteiger partial charge in [0.15, 0.2) is 0 Å². The largest absolute Gasteiger partial charge is 0.465 e. The van der Waals surface area contributed by atoms with Crippen LogP contribution in [0.2, 0.25) is 0 Å². The number of hydrogen-bond donors (Lipinski definition) is 2. The first-order valence-electron chi connectivity index (χ1n) is 10.4. The zero-order chi connectivity index (χ0) is 19.9. The molecule has 0 fully saturated rings. The van der Waals surface area contributed by atoms with E-state index >= 15 is 0 Å². The summed E-state index contributed by atoms with van der Waals surface area (Å²) in [6.45, 7) is 9.39. The Labute approximate surface area is 159 Å². The van der Waals surface area contributed by atoms with Crippen molar-refractivity contribution in [1.29, 1.82) is 0 Å². The van der Waals surface area contributed by atoms with Crippen molar-refractivity contribution in [1.82, 2.24) is 9.80 Å². The van der Waals surface area contributed by atoms with Crippen LogP contribution in [0.15, 0.2) is 0 Å². The van der Waals surface area contributed by atoms with E-state index in [0.717, 1.165) is 64.2 Å². The van der Waals surface area contributed by atoms with E-state index in [1.165, 1.54) is 0 Å².